The summed E-state index contributed by atoms with van der Waals surface area (Å²) in [4.78, 5) is 35.9. The first-order valence-corrected chi connectivity index (χ1v) is 39.0. The molecule has 9 nitrogen and oxygen atoms in total. The molecule has 0 aliphatic rings. The van der Waals surface area contributed by atoms with E-state index in [9.17, 15) is 19.0 Å². The number of rotatable bonds is 70. The fourth-order valence-corrected chi connectivity index (χ4v) is 11.8. The van der Waals surface area contributed by atoms with E-state index in [1.807, 2.05) is 21.1 Å². The van der Waals surface area contributed by atoms with E-state index in [-0.39, 0.29) is 25.6 Å². The van der Waals surface area contributed by atoms with Gasteiger partial charge >= 0.3 is 19.8 Å². The maximum atomic E-state index is 12.9. The molecule has 0 heterocycles. The summed E-state index contributed by atoms with van der Waals surface area (Å²) >= 11 is 0. The Morgan fingerprint density at radius 3 is 0.977 bits per heavy atom. The second kappa shape index (κ2) is 68.1. The highest BCUT2D eigenvalue weighted by Crippen LogP contribution is 2.43. The molecule has 0 aromatic carbocycles. The number of allylic oxidation sites excluding steroid dienone is 10. The highest BCUT2D eigenvalue weighted by Gasteiger charge is 2.27. The minimum atomic E-state index is -4.39. The Balaban J connectivity index is 3.95. The zero-order valence-electron chi connectivity index (χ0n) is 58.3. The van der Waals surface area contributed by atoms with Gasteiger partial charge in [-0.1, -0.05) is 357 Å². The van der Waals surface area contributed by atoms with Crippen molar-refractivity contribution in [3.8, 4) is 0 Å². The van der Waals surface area contributed by atoms with Gasteiger partial charge in [0.25, 0.3) is 0 Å². The van der Waals surface area contributed by atoms with Crippen molar-refractivity contribution in [2.75, 3.05) is 47.5 Å². The highest BCUT2D eigenvalue weighted by atomic mass is 31.2. The lowest BCUT2D eigenvalue weighted by atomic mass is 10.0. The minimum absolute atomic E-state index is 0.0312. The molecular formula is C77H145NO8P+. The summed E-state index contributed by atoms with van der Waals surface area (Å²) in [6.45, 7) is 4.38. The fraction of sp³-hybridized carbons (Fsp3) is 0.844. The third-order valence-electron chi connectivity index (χ3n) is 16.8. The Hall–Kier alpha value is -2.29. The maximum Gasteiger partial charge on any atom is 0.472 e. The van der Waals surface area contributed by atoms with E-state index in [1.165, 1.54) is 263 Å². The lowest BCUT2D eigenvalue weighted by molar-refractivity contribution is -0.870. The van der Waals surface area contributed by atoms with Gasteiger partial charge in [-0.3, -0.25) is 18.6 Å². The van der Waals surface area contributed by atoms with Gasteiger partial charge in [-0.2, -0.15) is 0 Å². The van der Waals surface area contributed by atoms with Crippen molar-refractivity contribution in [3.05, 3.63) is 60.8 Å². The van der Waals surface area contributed by atoms with Crippen LogP contribution in [-0.4, -0.2) is 74.9 Å². The summed E-state index contributed by atoms with van der Waals surface area (Å²) in [7, 11) is 1.49. The number of phosphoric acid groups is 1. The molecule has 0 fully saturated rings. The van der Waals surface area contributed by atoms with Crippen LogP contribution in [0, 0.1) is 0 Å². The molecule has 0 aromatic heterocycles. The number of unbranched alkanes of at least 4 members (excludes halogenated alkanes) is 46. The zero-order chi connectivity index (χ0) is 63.4. The second-order valence-corrected chi connectivity index (χ2v) is 28.1. The molecule has 510 valence electrons. The molecule has 0 saturated carbocycles. The third kappa shape index (κ3) is 72.6. The molecule has 0 spiro atoms. The van der Waals surface area contributed by atoms with Crippen LogP contribution >= 0.6 is 7.82 Å². The first kappa shape index (κ1) is 84.7. The topological polar surface area (TPSA) is 108 Å². The summed E-state index contributed by atoms with van der Waals surface area (Å²) in [6, 6.07) is 0. The van der Waals surface area contributed by atoms with Gasteiger partial charge in [0.2, 0.25) is 0 Å². The Labute approximate surface area is 540 Å². The minimum Gasteiger partial charge on any atom is -0.462 e. The Kier molecular flexibility index (Phi) is 66.3. The van der Waals surface area contributed by atoms with Crippen molar-refractivity contribution in [1.29, 1.82) is 0 Å². The maximum absolute atomic E-state index is 12.9. The quantitative estimate of drug-likeness (QED) is 0.0211. The second-order valence-electron chi connectivity index (χ2n) is 26.7. The van der Waals surface area contributed by atoms with Crippen LogP contribution in [0.1, 0.15) is 367 Å². The Bertz CT molecular complexity index is 1650. The number of hydrogen-bond acceptors (Lipinski definition) is 7. The SMILES string of the molecule is CC/C=C\C/C=C\C/C=C\C/C=C\C/C=C\CCCCCCCCCCCCCC(=O)OC(COC(=O)CCCCCCCCCCCCCCCCCCCCCCCCCCCCCCCCCCCCCC)COP(=O)(O)OCC[N+](C)(C)C. The molecule has 0 saturated heterocycles. The van der Waals surface area contributed by atoms with E-state index in [4.69, 9.17) is 18.5 Å². The van der Waals surface area contributed by atoms with Gasteiger partial charge in [-0.25, -0.2) is 4.57 Å². The molecule has 10 heteroatoms. The van der Waals surface area contributed by atoms with Crippen LogP contribution in [0.15, 0.2) is 60.8 Å². The number of ether oxygens (including phenoxy) is 2. The van der Waals surface area contributed by atoms with E-state index in [0.29, 0.717) is 23.9 Å². The van der Waals surface area contributed by atoms with Crippen LogP contribution in [-0.2, 0) is 32.7 Å². The predicted molar refractivity (Wildman–Crippen MR) is 376 cm³/mol. The summed E-state index contributed by atoms with van der Waals surface area (Å²) in [5.41, 5.74) is 0. The molecule has 0 aliphatic heterocycles. The van der Waals surface area contributed by atoms with Gasteiger partial charge in [-0.05, 0) is 57.8 Å². The molecule has 0 bridgehead atoms. The van der Waals surface area contributed by atoms with Crippen molar-refractivity contribution >= 4 is 19.8 Å². The largest absolute Gasteiger partial charge is 0.472 e. The summed E-state index contributed by atoms with van der Waals surface area (Å²) < 4.78 is 34.8. The average Bonchev–Trinajstić information content (AvgIpc) is 3.68. The van der Waals surface area contributed by atoms with Gasteiger partial charge < -0.3 is 18.9 Å². The van der Waals surface area contributed by atoms with Gasteiger partial charge in [0.15, 0.2) is 6.10 Å². The summed E-state index contributed by atoms with van der Waals surface area (Å²) in [6.07, 6.45) is 90.7. The van der Waals surface area contributed by atoms with Crippen LogP contribution in [0.4, 0.5) is 0 Å². The van der Waals surface area contributed by atoms with Crippen LogP contribution in [0.25, 0.3) is 0 Å². The van der Waals surface area contributed by atoms with E-state index in [0.717, 1.165) is 70.6 Å². The van der Waals surface area contributed by atoms with Crippen molar-refractivity contribution < 1.29 is 42.1 Å². The van der Waals surface area contributed by atoms with Gasteiger partial charge in [0.1, 0.15) is 19.8 Å². The molecule has 0 radical (unpaired) electrons. The normalized spacial score (nSPS) is 13.4. The van der Waals surface area contributed by atoms with Crippen LogP contribution in [0.2, 0.25) is 0 Å². The zero-order valence-corrected chi connectivity index (χ0v) is 59.2. The number of carbonyl (C=O) groups is 2. The molecule has 0 aliphatic carbocycles. The molecule has 0 aromatic rings. The molecule has 2 atom stereocenters. The summed E-state index contributed by atoms with van der Waals surface area (Å²) in [5, 5.41) is 0. The molecule has 1 N–H and O–H groups in total. The fourth-order valence-electron chi connectivity index (χ4n) is 11.1. The molecule has 0 amide bonds. The first-order valence-electron chi connectivity index (χ1n) is 37.5. The van der Waals surface area contributed by atoms with E-state index >= 15 is 0 Å². The lowest BCUT2D eigenvalue weighted by Crippen LogP contribution is -2.37. The smallest absolute Gasteiger partial charge is 0.462 e. The highest BCUT2D eigenvalue weighted by molar-refractivity contribution is 7.47. The molecule has 0 rings (SSSR count). The van der Waals surface area contributed by atoms with E-state index in [2.05, 4.69) is 74.6 Å². The number of nitrogens with zero attached hydrogens (tertiary/aromatic N) is 1. The van der Waals surface area contributed by atoms with Crippen molar-refractivity contribution in [1.82, 2.24) is 0 Å². The van der Waals surface area contributed by atoms with Gasteiger partial charge in [0, 0.05) is 12.8 Å². The van der Waals surface area contributed by atoms with Crippen molar-refractivity contribution in [3.63, 3.8) is 0 Å². The van der Waals surface area contributed by atoms with Gasteiger partial charge in [0.05, 0.1) is 27.7 Å². The third-order valence-corrected chi connectivity index (χ3v) is 17.8. The average molecular weight is 1240 g/mol. The number of carbonyl (C=O) groups excluding carboxylic acids is 2. The number of hydrogen-bond donors (Lipinski definition) is 1. The van der Waals surface area contributed by atoms with Crippen LogP contribution < -0.4 is 0 Å². The monoisotopic (exact) mass is 1240 g/mol. The van der Waals surface area contributed by atoms with Gasteiger partial charge in [-0.15, -0.1) is 0 Å². The Morgan fingerprint density at radius 2 is 0.655 bits per heavy atom. The summed E-state index contributed by atoms with van der Waals surface area (Å²) in [5.74, 6) is -0.785. The van der Waals surface area contributed by atoms with E-state index in [1.54, 1.807) is 0 Å². The number of quaternary nitrogens is 1. The Morgan fingerprint density at radius 1 is 0.368 bits per heavy atom. The standard InChI is InChI=1S/C77H144NO8P/c1-6-8-10-12-14-16-18-20-22-24-26-28-30-32-34-35-36-37-38-39-40-41-42-44-45-47-49-51-53-55-57-59-61-63-65-67-69-76(79)83-73-75(74-85-87(81,82)84-72-71-78(3,4)5)86-77(80)70-68-66-64-62-60-58-56-54-52-50-48-46-43-33-31-29-27-25-23-21-19-17-15-13-11-9-7-2/h9,11,15,17,21,23,27,29,33,43,75H,6-8,10,12-14,16,18-20,22,24-26,28,30-32,34-42,44-74H2,1-5H3/p+1/b11-9-,17-15-,23-21-,29-27-,43-33-. The van der Waals surface area contributed by atoms with E-state index < -0.39 is 26.5 Å². The lowest BCUT2D eigenvalue weighted by Gasteiger charge is -2.24. The van der Waals surface area contributed by atoms with Crippen molar-refractivity contribution in [2.45, 2.75) is 373 Å². The molecule has 87 heavy (non-hydrogen) atoms. The predicted octanol–water partition coefficient (Wildman–Crippen LogP) is 24.6. The van der Waals surface area contributed by atoms with Crippen molar-refractivity contribution in [2.24, 2.45) is 0 Å². The number of esters is 2. The molecule has 2 unspecified atom stereocenters. The van der Waals surface area contributed by atoms with Crippen LogP contribution in [0.3, 0.4) is 0 Å². The molecular weight excluding hydrogens is 1100 g/mol. The van der Waals surface area contributed by atoms with Crippen LogP contribution in [0.5, 0.6) is 0 Å². The number of likely N-dealkylation sites (N-methyl/N-ethyl adjacent to an activating group) is 1. The first-order chi connectivity index (χ1) is 42.5. The number of phosphoric ester groups is 1.